The van der Waals surface area contributed by atoms with Crippen molar-refractivity contribution in [1.82, 2.24) is 15.0 Å². The lowest BCUT2D eigenvalue weighted by atomic mass is 10.2. The number of hydrogen-bond acceptors (Lipinski definition) is 5. The highest BCUT2D eigenvalue weighted by molar-refractivity contribution is 5.91. The van der Waals surface area contributed by atoms with Gasteiger partial charge in [0.15, 0.2) is 0 Å². The average molecular weight is 284 g/mol. The van der Waals surface area contributed by atoms with Crippen molar-refractivity contribution in [3.05, 3.63) is 48.4 Å². The topological polar surface area (TPSA) is 62.5 Å². The lowest BCUT2D eigenvalue weighted by molar-refractivity contribution is -0.126. The number of rotatable bonds is 3. The van der Waals surface area contributed by atoms with Crippen LogP contribution in [0.1, 0.15) is 5.56 Å². The predicted octanol–water partition coefficient (Wildman–Crippen LogP) is 1.43. The second kappa shape index (κ2) is 6.21. The Morgan fingerprint density at radius 1 is 1.14 bits per heavy atom. The number of carbonyl (C=O) groups excluding carboxylic acids is 1. The van der Waals surface area contributed by atoms with Crippen molar-refractivity contribution >= 4 is 17.9 Å². The fraction of sp³-hybridized carbons (Fsp3) is 0.267. The van der Waals surface area contributed by atoms with Gasteiger partial charge in [-0.25, -0.2) is 0 Å². The summed E-state index contributed by atoms with van der Waals surface area (Å²) in [6.45, 7) is 2.74. The molecule has 21 heavy (non-hydrogen) atoms. The highest BCUT2D eigenvalue weighted by atomic mass is 16.5. The van der Waals surface area contributed by atoms with Gasteiger partial charge in [0.25, 0.3) is 5.95 Å². The number of amides is 1. The van der Waals surface area contributed by atoms with Crippen molar-refractivity contribution in [3.8, 4) is 0 Å². The lowest BCUT2D eigenvalue weighted by Crippen LogP contribution is -2.48. The first-order chi connectivity index (χ1) is 10.3. The van der Waals surface area contributed by atoms with Crippen LogP contribution >= 0.6 is 0 Å². The van der Waals surface area contributed by atoms with Gasteiger partial charge in [0.05, 0.1) is 0 Å². The molecule has 0 bridgehead atoms. The molecule has 1 aromatic heterocycles. The molecule has 0 atom stereocenters. The molecule has 108 valence electrons. The van der Waals surface area contributed by atoms with Crippen molar-refractivity contribution < 1.29 is 9.32 Å². The standard InChI is InChI=1S/C15H16N4O2/c20-14(7-6-13-4-2-1-3-5-13)18-8-10-19(11-9-18)15-16-12-21-17-15/h1-7,12H,8-11H2/b7-6+. The summed E-state index contributed by atoms with van der Waals surface area (Å²) in [5.41, 5.74) is 1.02. The van der Waals surface area contributed by atoms with E-state index in [0.29, 0.717) is 32.1 Å². The summed E-state index contributed by atoms with van der Waals surface area (Å²) in [5, 5.41) is 3.81. The Hall–Kier alpha value is -2.63. The van der Waals surface area contributed by atoms with Gasteiger partial charge < -0.3 is 14.3 Å². The predicted molar refractivity (Wildman–Crippen MR) is 78.6 cm³/mol. The molecule has 3 rings (SSSR count). The second-order valence-electron chi connectivity index (χ2n) is 4.79. The lowest BCUT2D eigenvalue weighted by Gasteiger charge is -2.33. The summed E-state index contributed by atoms with van der Waals surface area (Å²) in [6, 6.07) is 9.80. The first-order valence-electron chi connectivity index (χ1n) is 6.86. The molecule has 1 fully saturated rings. The van der Waals surface area contributed by atoms with Crippen LogP contribution < -0.4 is 4.90 Å². The van der Waals surface area contributed by atoms with E-state index >= 15 is 0 Å². The van der Waals surface area contributed by atoms with E-state index in [-0.39, 0.29) is 5.91 Å². The summed E-state index contributed by atoms with van der Waals surface area (Å²) in [5.74, 6) is 0.619. The molecule has 0 N–H and O–H groups in total. The van der Waals surface area contributed by atoms with Gasteiger partial charge in [0.2, 0.25) is 12.3 Å². The maximum Gasteiger partial charge on any atom is 0.265 e. The van der Waals surface area contributed by atoms with Gasteiger partial charge in [-0.1, -0.05) is 30.3 Å². The van der Waals surface area contributed by atoms with Crippen LogP contribution in [0.15, 0.2) is 47.3 Å². The SMILES string of the molecule is O=C(/C=C/c1ccccc1)N1CCN(c2ncon2)CC1. The number of piperazine rings is 1. The maximum atomic E-state index is 12.1. The van der Waals surface area contributed by atoms with Gasteiger partial charge in [-0.2, -0.15) is 4.98 Å². The molecular formula is C15H16N4O2. The van der Waals surface area contributed by atoms with Crippen molar-refractivity contribution in [3.63, 3.8) is 0 Å². The van der Waals surface area contributed by atoms with E-state index in [1.54, 1.807) is 6.08 Å². The van der Waals surface area contributed by atoms with Crippen molar-refractivity contribution in [2.24, 2.45) is 0 Å². The summed E-state index contributed by atoms with van der Waals surface area (Å²) >= 11 is 0. The minimum Gasteiger partial charge on any atom is -0.341 e. The van der Waals surface area contributed by atoms with E-state index in [1.165, 1.54) is 6.39 Å². The van der Waals surface area contributed by atoms with E-state index < -0.39 is 0 Å². The Labute approximate surface area is 122 Å². The zero-order valence-corrected chi connectivity index (χ0v) is 11.6. The largest absolute Gasteiger partial charge is 0.341 e. The van der Waals surface area contributed by atoms with Gasteiger partial charge in [0, 0.05) is 32.3 Å². The molecule has 0 unspecified atom stereocenters. The molecule has 6 heteroatoms. The zero-order valence-electron chi connectivity index (χ0n) is 11.6. The fourth-order valence-electron chi connectivity index (χ4n) is 2.27. The smallest absolute Gasteiger partial charge is 0.265 e. The molecule has 0 aliphatic carbocycles. The van der Waals surface area contributed by atoms with Gasteiger partial charge in [-0.15, -0.1) is 0 Å². The van der Waals surface area contributed by atoms with Crippen molar-refractivity contribution in [2.45, 2.75) is 0 Å². The number of benzene rings is 1. The number of aromatic nitrogens is 2. The third-order valence-corrected chi connectivity index (χ3v) is 3.44. The Bertz CT molecular complexity index is 602. The monoisotopic (exact) mass is 284 g/mol. The summed E-state index contributed by atoms with van der Waals surface area (Å²) in [4.78, 5) is 20.0. The van der Waals surface area contributed by atoms with Crippen molar-refractivity contribution in [2.75, 3.05) is 31.1 Å². The quantitative estimate of drug-likeness (QED) is 0.798. The minimum absolute atomic E-state index is 0.0339. The third kappa shape index (κ3) is 3.28. The van der Waals surface area contributed by atoms with Crippen LogP contribution in [0.5, 0.6) is 0 Å². The normalized spacial score (nSPS) is 15.6. The minimum atomic E-state index is 0.0339. The van der Waals surface area contributed by atoms with Crippen molar-refractivity contribution in [1.29, 1.82) is 0 Å². The molecular weight excluding hydrogens is 268 g/mol. The Kier molecular flexibility index (Phi) is 3.95. The Balaban J connectivity index is 1.54. The highest BCUT2D eigenvalue weighted by Gasteiger charge is 2.21. The summed E-state index contributed by atoms with van der Waals surface area (Å²) in [7, 11) is 0. The molecule has 2 heterocycles. The molecule has 0 saturated carbocycles. The number of carbonyl (C=O) groups is 1. The first-order valence-corrected chi connectivity index (χ1v) is 6.86. The molecule has 1 aliphatic rings. The van der Waals surface area contributed by atoms with E-state index in [0.717, 1.165) is 5.56 Å². The second-order valence-corrected chi connectivity index (χ2v) is 4.79. The van der Waals surface area contributed by atoms with E-state index in [4.69, 9.17) is 4.52 Å². The third-order valence-electron chi connectivity index (χ3n) is 3.44. The van der Waals surface area contributed by atoms with Crippen LogP contribution in [0.2, 0.25) is 0 Å². The molecule has 1 aliphatic heterocycles. The summed E-state index contributed by atoms with van der Waals surface area (Å²) in [6.07, 6.45) is 4.78. The van der Waals surface area contributed by atoms with E-state index in [2.05, 4.69) is 10.1 Å². The van der Waals surface area contributed by atoms with E-state index in [1.807, 2.05) is 46.2 Å². The average Bonchev–Trinajstić information content (AvgIpc) is 3.08. The number of anilines is 1. The highest BCUT2D eigenvalue weighted by Crippen LogP contribution is 2.11. The molecule has 1 aromatic carbocycles. The zero-order chi connectivity index (χ0) is 14.5. The molecule has 0 radical (unpaired) electrons. The van der Waals surface area contributed by atoms with E-state index in [9.17, 15) is 4.79 Å². The van der Waals surface area contributed by atoms with Gasteiger partial charge in [-0.3, -0.25) is 4.79 Å². The van der Waals surface area contributed by atoms with Crippen LogP contribution in [-0.4, -0.2) is 47.1 Å². The Morgan fingerprint density at radius 2 is 1.90 bits per heavy atom. The summed E-state index contributed by atoms with van der Waals surface area (Å²) < 4.78 is 4.74. The first kappa shape index (κ1) is 13.4. The van der Waals surface area contributed by atoms with Gasteiger partial charge in [-0.05, 0) is 16.8 Å². The van der Waals surface area contributed by atoms with Crippen LogP contribution in [-0.2, 0) is 4.79 Å². The molecule has 1 amide bonds. The molecule has 1 saturated heterocycles. The van der Waals surface area contributed by atoms with Crippen LogP contribution in [0.4, 0.5) is 5.95 Å². The van der Waals surface area contributed by atoms with Crippen LogP contribution in [0, 0.1) is 0 Å². The molecule has 0 spiro atoms. The maximum absolute atomic E-state index is 12.1. The Morgan fingerprint density at radius 3 is 2.57 bits per heavy atom. The van der Waals surface area contributed by atoms with Gasteiger partial charge >= 0.3 is 0 Å². The van der Waals surface area contributed by atoms with Crippen LogP contribution in [0.3, 0.4) is 0 Å². The number of hydrogen-bond donors (Lipinski definition) is 0. The fourth-order valence-corrected chi connectivity index (χ4v) is 2.27. The molecule has 2 aromatic rings. The number of nitrogens with zero attached hydrogens (tertiary/aromatic N) is 4. The van der Waals surface area contributed by atoms with Gasteiger partial charge in [0.1, 0.15) is 0 Å². The molecule has 6 nitrogen and oxygen atoms in total. The van der Waals surface area contributed by atoms with Crippen LogP contribution in [0.25, 0.3) is 6.08 Å².